The van der Waals surface area contributed by atoms with Crippen LogP contribution in [-0.4, -0.2) is 29.3 Å². The van der Waals surface area contributed by atoms with Crippen molar-refractivity contribution in [2.45, 2.75) is 37.8 Å². The first-order valence-electron chi connectivity index (χ1n) is 8.83. The summed E-state index contributed by atoms with van der Waals surface area (Å²) in [6.45, 7) is 0. The number of carbonyl (C=O) groups excluding carboxylic acids is 1. The molecule has 0 aromatic heterocycles. The zero-order valence-electron chi connectivity index (χ0n) is 14.7. The largest absolute Gasteiger partial charge is 0.490 e. The Balaban J connectivity index is 1.47. The molecule has 142 valence electrons. The summed E-state index contributed by atoms with van der Waals surface area (Å²) < 4.78 is 18.8. The Morgan fingerprint density at radius 2 is 1.67 bits per heavy atom. The van der Waals surface area contributed by atoms with Crippen LogP contribution in [0.3, 0.4) is 0 Å². The van der Waals surface area contributed by atoms with E-state index in [0.29, 0.717) is 5.75 Å². The first-order valence-corrected chi connectivity index (χ1v) is 8.83. The van der Waals surface area contributed by atoms with Crippen LogP contribution in [0.2, 0.25) is 0 Å². The highest BCUT2D eigenvalue weighted by Gasteiger charge is 2.24. The van der Waals surface area contributed by atoms with Crippen LogP contribution in [0.1, 0.15) is 36.0 Å². The first-order chi connectivity index (χ1) is 13.0. The Morgan fingerprint density at radius 3 is 2.33 bits per heavy atom. The summed E-state index contributed by atoms with van der Waals surface area (Å²) in [4.78, 5) is 23.4. The first kappa shape index (κ1) is 18.7. The van der Waals surface area contributed by atoms with Crippen molar-refractivity contribution in [2.75, 3.05) is 5.32 Å². The van der Waals surface area contributed by atoms with Gasteiger partial charge in [0.15, 0.2) is 0 Å². The summed E-state index contributed by atoms with van der Waals surface area (Å²) in [5.74, 6) is -0.758. The minimum atomic E-state index is -1.09. The van der Waals surface area contributed by atoms with Gasteiger partial charge in [-0.2, -0.15) is 0 Å². The molecule has 1 aliphatic carbocycles. The van der Waals surface area contributed by atoms with E-state index in [-0.39, 0.29) is 29.2 Å². The predicted molar refractivity (Wildman–Crippen MR) is 98.6 cm³/mol. The SMILES string of the molecule is O=C(Nc1ccccc1C(=O)O)NC1CCC(Oc2ccc(F)cc2)CC1. The molecular weight excluding hydrogens is 351 g/mol. The van der Waals surface area contributed by atoms with Crippen LogP contribution in [0.5, 0.6) is 5.75 Å². The maximum Gasteiger partial charge on any atom is 0.337 e. The van der Waals surface area contributed by atoms with E-state index in [2.05, 4.69) is 10.6 Å². The van der Waals surface area contributed by atoms with E-state index in [1.165, 1.54) is 18.2 Å². The number of aromatic carboxylic acids is 1. The average molecular weight is 372 g/mol. The molecule has 1 saturated carbocycles. The summed E-state index contributed by atoms with van der Waals surface area (Å²) in [6.07, 6.45) is 3.08. The number of carboxylic acid groups (broad SMARTS) is 1. The monoisotopic (exact) mass is 372 g/mol. The third-order valence-corrected chi connectivity index (χ3v) is 4.53. The maximum atomic E-state index is 12.9. The Kier molecular flexibility index (Phi) is 5.90. The van der Waals surface area contributed by atoms with Gasteiger partial charge in [0.2, 0.25) is 0 Å². The zero-order chi connectivity index (χ0) is 19.2. The Morgan fingerprint density at radius 1 is 1.00 bits per heavy atom. The van der Waals surface area contributed by atoms with E-state index in [9.17, 15) is 14.0 Å². The topological polar surface area (TPSA) is 87.7 Å². The van der Waals surface area contributed by atoms with Crippen LogP contribution in [0, 0.1) is 5.82 Å². The molecule has 3 rings (SSSR count). The number of carboxylic acids is 1. The van der Waals surface area contributed by atoms with Gasteiger partial charge in [-0.15, -0.1) is 0 Å². The molecule has 2 amide bonds. The van der Waals surface area contributed by atoms with Gasteiger partial charge in [-0.05, 0) is 62.1 Å². The molecule has 7 heteroatoms. The maximum absolute atomic E-state index is 12.9. The van der Waals surface area contributed by atoms with Crippen molar-refractivity contribution in [1.29, 1.82) is 0 Å². The molecular formula is C20H21FN2O4. The lowest BCUT2D eigenvalue weighted by Gasteiger charge is -2.29. The van der Waals surface area contributed by atoms with Crippen LogP contribution in [-0.2, 0) is 0 Å². The lowest BCUT2D eigenvalue weighted by atomic mass is 9.93. The van der Waals surface area contributed by atoms with Gasteiger partial charge in [0, 0.05) is 6.04 Å². The third kappa shape index (κ3) is 5.20. The standard InChI is InChI=1S/C20H21FN2O4/c21-13-5-9-15(10-6-13)27-16-11-7-14(8-12-16)22-20(26)23-18-4-2-1-3-17(18)19(24)25/h1-6,9-10,14,16H,7-8,11-12H2,(H,24,25)(H2,22,23,26). The highest BCUT2D eigenvalue weighted by molar-refractivity contribution is 6.00. The number of ether oxygens (including phenoxy) is 1. The van der Waals surface area contributed by atoms with Crippen LogP contribution in [0.4, 0.5) is 14.9 Å². The van der Waals surface area contributed by atoms with Crippen molar-refractivity contribution in [3.63, 3.8) is 0 Å². The highest BCUT2D eigenvalue weighted by Crippen LogP contribution is 2.24. The van der Waals surface area contributed by atoms with Crippen molar-refractivity contribution >= 4 is 17.7 Å². The second kappa shape index (κ2) is 8.53. The molecule has 0 aliphatic heterocycles. The van der Waals surface area contributed by atoms with Crippen LogP contribution in [0.25, 0.3) is 0 Å². The van der Waals surface area contributed by atoms with E-state index < -0.39 is 12.0 Å². The number of para-hydroxylation sites is 1. The third-order valence-electron chi connectivity index (χ3n) is 4.53. The van der Waals surface area contributed by atoms with Crippen LogP contribution in [0.15, 0.2) is 48.5 Å². The van der Waals surface area contributed by atoms with Crippen molar-refractivity contribution in [2.24, 2.45) is 0 Å². The zero-order valence-corrected chi connectivity index (χ0v) is 14.7. The Labute approximate surface area is 156 Å². The lowest BCUT2D eigenvalue weighted by Crippen LogP contribution is -2.41. The number of benzene rings is 2. The lowest BCUT2D eigenvalue weighted by molar-refractivity contribution is 0.0698. The van der Waals surface area contributed by atoms with Crippen LogP contribution >= 0.6 is 0 Å². The van der Waals surface area contributed by atoms with Gasteiger partial charge in [0.05, 0.1) is 17.4 Å². The smallest absolute Gasteiger partial charge is 0.337 e. The molecule has 1 aliphatic rings. The molecule has 0 spiro atoms. The Hall–Kier alpha value is -3.09. The molecule has 0 bridgehead atoms. The van der Waals surface area contributed by atoms with Gasteiger partial charge in [0.25, 0.3) is 0 Å². The van der Waals surface area contributed by atoms with Crippen molar-refractivity contribution < 1.29 is 23.8 Å². The average Bonchev–Trinajstić information content (AvgIpc) is 2.65. The molecule has 0 atom stereocenters. The van der Waals surface area contributed by atoms with Crippen molar-refractivity contribution in [3.8, 4) is 5.75 Å². The fourth-order valence-corrected chi connectivity index (χ4v) is 3.15. The molecule has 0 unspecified atom stereocenters. The van der Waals surface area contributed by atoms with Gasteiger partial charge >= 0.3 is 12.0 Å². The van der Waals surface area contributed by atoms with E-state index in [4.69, 9.17) is 9.84 Å². The molecule has 0 radical (unpaired) electrons. The number of rotatable bonds is 5. The molecule has 1 fully saturated rings. The predicted octanol–water partition coefficient (Wildman–Crippen LogP) is 4.04. The molecule has 0 heterocycles. The summed E-state index contributed by atoms with van der Waals surface area (Å²) in [6, 6.07) is 11.8. The molecule has 2 aromatic carbocycles. The number of hydrogen-bond donors (Lipinski definition) is 3. The minimum absolute atomic E-state index is 0.00458. The van der Waals surface area contributed by atoms with E-state index in [1.807, 2.05) is 0 Å². The molecule has 0 saturated heterocycles. The number of hydrogen-bond acceptors (Lipinski definition) is 3. The fourth-order valence-electron chi connectivity index (χ4n) is 3.15. The van der Waals surface area contributed by atoms with Crippen LogP contribution < -0.4 is 15.4 Å². The summed E-state index contributed by atoms with van der Waals surface area (Å²) >= 11 is 0. The highest BCUT2D eigenvalue weighted by atomic mass is 19.1. The van der Waals surface area contributed by atoms with Gasteiger partial charge < -0.3 is 20.5 Å². The van der Waals surface area contributed by atoms with Crippen molar-refractivity contribution in [1.82, 2.24) is 5.32 Å². The van der Waals surface area contributed by atoms with Gasteiger partial charge in [0.1, 0.15) is 11.6 Å². The number of nitrogens with one attached hydrogen (secondary N) is 2. The van der Waals surface area contributed by atoms with Crippen molar-refractivity contribution in [3.05, 3.63) is 59.9 Å². The van der Waals surface area contributed by atoms with Gasteiger partial charge in [-0.1, -0.05) is 12.1 Å². The number of halogens is 1. The van der Waals surface area contributed by atoms with E-state index >= 15 is 0 Å². The van der Waals surface area contributed by atoms with Gasteiger partial charge in [-0.3, -0.25) is 0 Å². The number of amides is 2. The second-order valence-corrected chi connectivity index (χ2v) is 6.49. The number of carbonyl (C=O) groups is 2. The normalized spacial score (nSPS) is 19.1. The molecule has 3 N–H and O–H groups in total. The molecule has 6 nitrogen and oxygen atoms in total. The quantitative estimate of drug-likeness (QED) is 0.739. The van der Waals surface area contributed by atoms with Gasteiger partial charge in [-0.25, -0.2) is 14.0 Å². The summed E-state index contributed by atoms with van der Waals surface area (Å²) in [5.41, 5.74) is 0.305. The Bertz CT molecular complexity index is 802. The van der Waals surface area contributed by atoms with E-state index in [0.717, 1.165) is 25.7 Å². The molecule has 27 heavy (non-hydrogen) atoms. The summed E-state index contributed by atoms with van der Waals surface area (Å²) in [5, 5.41) is 14.6. The number of anilines is 1. The molecule has 2 aromatic rings. The number of urea groups is 1. The fraction of sp³-hybridized carbons (Fsp3) is 0.300. The second-order valence-electron chi connectivity index (χ2n) is 6.49. The summed E-state index contributed by atoms with van der Waals surface area (Å²) in [7, 11) is 0. The van der Waals surface area contributed by atoms with E-state index in [1.54, 1.807) is 30.3 Å². The minimum Gasteiger partial charge on any atom is -0.490 e.